The Kier molecular flexibility index (Phi) is 7.79. The van der Waals surface area contributed by atoms with Gasteiger partial charge in [-0.25, -0.2) is 0 Å². The Labute approximate surface area is 160 Å². The number of nitrogens with one attached hydrogen (secondary N) is 2. The van der Waals surface area contributed by atoms with E-state index in [0.717, 1.165) is 10.0 Å². The normalized spacial score (nSPS) is 11.4. The Morgan fingerprint density at radius 3 is 2.54 bits per heavy atom. The molecule has 0 aliphatic heterocycles. The molecule has 2 aromatic rings. The van der Waals surface area contributed by atoms with Gasteiger partial charge in [-0.05, 0) is 29.8 Å². The first-order chi connectivity index (χ1) is 12.6. The van der Waals surface area contributed by atoms with Crippen molar-refractivity contribution in [3.63, 3.8) is 0 Å². The molecule has 0 saturated carbocycles. The van der Waals surface area contributed by atoms with Crippen LogP contribution in [0.1, 0.15) is 15.9 Å². The lowest BCUT2D eigenvalue weighted by molar-refractivity contribution is -0.117. The average molecular weight is 415 g/mol. The van der Waals surface area contributed by atoms with Crippen LogP contribution in [0.15, 0.2) is 76.9 Å². The van der Waals surface area contributed by atoms with Crippen LogP contribution in [0.4, 0.5) is 0 Å². The fourth-order valence-electron chi connectivity index (χ4n) is 2.08. The van der Waals surface area contributed by atoms with Crippen molar-refractivity contribution in [3.05, 3.63) is 88.0 Å². The van der Waals surface area contributed by atoms with E-state index in [2.05, 4.69) is 26.6 Å². The van der Waals surface area contributed by atoms with E-state index in [9.17, 15) is 9.59 Å². The van der Waals surface area contributed by atoms with Crippen molar-refractivity contribution < 1.29 is 14.7 Å². The monoisotopic (exact) mass is 414 g/mol. The van der Waals surface area contributed by atoms with E-state index < -0.39 is 11.8 Å². The summed E-state index contributed by atoms with van der Waals surface area (Å²) in [6.07, 6.45) is 5.03. The number of rotatable bonds is 7. The Balaban J connectivity index is 2.17. The maximum Gasteiger partial charge on any atom is 0.267 e. The molecule has 0 fully saturated rings. The zero-order valence-corrected chi connectivity index (χ0v) is 15.6. The second kappa shape index (κ2) is 10.3. The van der Waals surface area contributed by atoms with Crippen LogP contribution in [0, 0.1) is 0 Å². The summed E-state index contributed by atoms with van der Waals surface area (Å²) in [5, 5.41) is 14.0. The second-order valence-corrected chi connectivity index (χ2v) is 6.21. The first-order valence-electron chi connectivity index (χ1n) is 7.99. The van der Waals surface area contributed by atoms with E-state index in [1.807, 2.05) is 42.5 Å². The third-order valence-electron chi connectivity index (χ3n) is 3.33. The number of amides is 2. The molecular weight excluding hydrogens is 396 g/mol. The van der Waals surface area contributed by atoms with E-state index in [-0.39, 0.29) is 18.8 Å². The number of aliphatic hydroxyl groups excluding tert-OH is 1. The lowest BCUT2D eigenvalue weighted by Crippen LogP contribution is -2.36. The van der Waals surface area contributed by atoms with Crippen molar-refractivity contribution >= 4 is 33.8 Å². The van der Waals surface area contributed by atoms with Gasteiger partial charge in [-0.3, -0.25) is 9.59 Å². The molecule has 0 heterocycles. The summed E-state index contributed by atoms with van der Waals surface area (Å²) in [4.78, 5) is 24.6. The largest absolute Gasteiger partial charge is 0.395 e. The van der Waals surface area contributed by atoms with E-state index in [1.165, 1.54) is 6.08 Å². The average Bonchev–Trinajstić information content (AvgIpc) is 2.66. The highest BCUT2D eigenvalue weighted by Gasteiger charge is 2.13. The number of carbonyl (C=O) groups excluding carboxylic acids is 2. The maximum atomic E-state index is 12.4. The number of aliphatic hydroxyl groups is 1. The smallest absolute Gasteiger partial charge is 0.267 e. The molecule has 0 bridgehead atoms. The number of hydrogen-bond donors (Lipinski definition) is 3. The Bertz CT molecular complexity index is 817. The summed E-state index contributed by atoms with van der Waals surface area (Å²) in [6, 6.07) is 16.5. The van der Waals surface area contributed by atoms with Crippen LogP contribution in [0.25, 0.3) is 6.08 Å². The Morgan fingerprint density at radius 2 is 1.85 bits per heavy atom. The number of benzene rings is 2. The van der Waals surface area contributed by atoms with Crippen LogP contribution in [-0.4, -0.2) is 30.1 Å². The van der Waals surface area contributed by atoms with Gasteiger partial charge in [0.25, 0.3) is 11.8 Å². The lowest BCUT2D eigenvalue weighted by Gasteiger charge is -2.10. The molecule has 0 unspecified atom stereocenters. The SMILES string of the molecule is O=C(NCCO)/C(=C/C=C/c1ccccc1)NC(=O)c1cccc(Br)c1. The van der Waals surface area contributed by atoms with E-state index in [0.29, 0.717) is 5.56 Å². The lowest BCUT2D eigenvalue weighted by atomic mass is 10.2. The third kappa shape index (κ3) is 6.31. The molecule has 2 aromatic carbocycles. The first kappa shape index (κ1) is 19.6. The fraction of sp³-hybridized carbons (Fsp3) is 0.100. The van der Waals surface area contributed by atoms with Gasteiger partial charge in [-0.2, -0.15) is 0 Å². The summed E-state index contributed by atoms with van der Waals surface area (Å²) >= 11 is 3.31. The van der Waals surface area contributed by atoms with Gasteiger partial charge in [-0.1, -0.05) is 64.5 Å². The minimum absolute atomic E-state index is 0.0932. The van der Waals surface area contributed by atoms with Crippen molar-refractivity contribution in [3.8, 4) is 0 Å². The molecule has 0 aliphatic rings. The van der Waals surface area contributed by atoms with Crippen molar-refractivity contribution in [2.45, 2.75) is 0 Å². The quantitative estimate of drug-likeness (QED) is 0.481. The molecule has 134 valence electrons. The number of halogens is 1. The number of carbonyl (C=O) groups is 2. The third-order valence-corrected chi connectivity index (χ3v) is 3.82. The summed E-state index contributed by atoms with van der Waals surface area (Å²) in [7, 11) is 0. The van der Waals surface area contributed by atoms with E-state index >= 15 is 0 Å². The van der Waals surface area contributed by atoms with E-state index in [4.69, 9.17) is 5.11 Å². The predicted octanol–water partition coefficient (Wildman–Crippen LogP) is 2.88. The zero-order chi connectivity index (χ0) is 18.8. The molecule has 6 heteroatoms. The summed E-state index contributed by atoms with van der Waals surface area (Å²) in [5.74, 6) is -0.870. The summed E-state index contributed by atoms with van der Waals surface area (Å²) in [6.45, 7) is -0.0796. The molecule has 0 spiro atoms. The molecule has 2 amide bonds. The van der Waals surface area contributed by atoms with Gasteiger partial charge in [-0.15, -0.1) is 0 Å². The standard InChI is InChI=1S/C20H19BrN2O3/c21-17-10-5-9-16(14-17)19(25)23-18(20(26)22-12-13-24)11-4-8-15-6-2-1-3-7-15/h1-11,14,24H,12-13H2,(H,22,26)(H,23,25)/b8-4+,18-11-. The van der Waals surface area contributed by atoms with Gasteiger partial charge in [0.1, 0.15) is 5.70 Å². The molecule has 0 saturated heterocycles. The molecule has 26 heavy (non-hydrogen) atoms. The molecule has 0 aliphatic carbocycles. The molecule has 0 aromatic heterocycles. The van der Waals surface area contributed by atoms with Gasteiger partial charge in [0.15, 0.2) is 0 Å². The highest BCUT2D eigenvalue weighted by atomic mass is 79.9. The maximum absolute atomic E-state index is 12.4. The van der Waals surface area contributed by atoms with Gasteiger partial charge < -0.3 is 15.7 Å². The van der Waals surface area contributed by atoms with Crippen LogP contribution >= 0.6 is 15.9 Å². The van der Waals surface area contributed by atoms with Crippen molar-refractivity contribution in [2.24, 2.45) is 0 Å². The van der Waals surface area contributed by atoms with Crippen LogP contribution in [0.3, 0.4) is 0 Å². The minimum atomic E-state index is -0.472. The van der Waals surface area contributed by atoms with Crippen molar-refractivity contribution in [2.75, 3.05) is 13.2 Å². The highest BCUT2D eigenvalue weighted by Crippen LogP contribution is 2.12. The van der Waals surface area contributed by atoms with Crippen LogP contribution in [-0.2, 0) is 4.79 Å². The number of allylic oxidation sites excluding steroid dienone is 2. The molecule has 3 N–H and O–H groups in total. The number of hydrogen-bond acceptors (Lipinski definition) is 3. The molecular formula is C20H19BrN2O3. The summed E-state index contributed by atoms with van der Waals surface area (Å²) in [5.41, 5.74) is 1.49. The second-order valence-electron chi connectivity index (χ2n) is 5.29. The van der Waals surface area contributed by atoms with Crippen molar-refractivity contribution in [1.82, 2.24) is 10.6 Å². The Morgan fingerprint density at radius 1 is 1.08 bits per heavy atom. The van der Waals surface area contributed by atoms with Crippen LogP contribution in [0.5, 0.6) is 0 Å². The summed E-state index contributed by atoms with van der Waals surface area (Å²) < 4.78 is 0.768. The molecule has 0 radical (unpaired) electrons. The van der Waals surface area contributed by atoms with E-state index in [1.54, 1.807) is 24.3 Å². The van der Waals surface area contributed by atoms with Crippen molar-refractivity contribution in [1.29, 1.82) is 0 Å². The van der Waals surface area contributed by atoms with Gasteiger partial charge in [0, 0.05) is 16.6 Å². The highest BCUT2D eigenvalue weighted by molar-refractivity contribution is 9.10. The fourth-order valence-corrected chi connectivity index (χ4v) is 2.48. The van der Waals surface area contributed by atoms with Crippen LogP contribution in [0.2, 0.25) is 0 Å². The molecule has 0 atom stereocenters. The zero-order valence-electron chi connectivity index (χ0n) is 14.0. The van der Waals surface area contributed by atoms with Gasteiger partial charge in [0.05, 0.1) is 6.61 Å². The minimum Gasteiger partial charge on any atom is -0.395 e. The van der Waals surface area contributed by atoms with Crippen LogP contribution < -0.4 is 10.6 Å². The predicted molar refractivity (Wildman–Crippen MR) is 105 cm³/mol. The topological polar surface area (TPSA) is 78.4 Å². The molecule has 5 nitrogen and oxygen atoms in total. The van der Waals surface area contributed by atoms with Gasteiger partial charge in [0.2, 0.25) is 0 Å². The first-order valence-corrected chi connectivity index (χ1v) is 8.79. The molecule has 2 rings (SSSR count). The van der Waals surface area contributed by atoms with Gasteiger partial charge >= 0.3 is 0 Å². The Hall–Kier alpha value is -2.70.